The summed E-state index contributed by atoms with van der Waals surface area (Å²) < 4.78 is 5.32. The summed E-state index contributed by atoms with van der Waals surface area (Å²) in [5, 5.41) is 6.40. The summed E-state index contributed by atoms with van der Waals surface area (Å²) >= 11 is 0. The van der Waals surface area contributed by atoms with Crippen LogP contribution in [0.5, 0.6) is 0 Å². The average molecular weight is 289 g/mol. The Kier molecular flexibility index (Phi) is 4.72. The van der Waals surface area contributed by atoms with Crippen LogP contribution in [0.3, 0.4) is 0 Å². The van der Waals surface area contributed by atoms with E-state index in [-0.39, 0.29) is 5.91 Å². The van der Waals surface area contributed by atoms with Gasteiger partial charge in [0.15, 0.2) is 0 Å². The van der Waals surface area contributed by atoms with Gasteiger partial charge in [-0.15, -0.1) is 0 Å². The second-order valence-corrected chi connectivity index (χ2v) is 5.58. The molecule has 0 saturated carbocycles. The summed E-state index contributed by atoms with van der Waals surface area (Å²) in [7, 11) is 0. The predicted octanol–water partition coefficient (Wildman–Crippen LogP) is 1.11. The Balaban J connectivity index is 1.55. The van der Waals surface area contributed by atoms with Gasteiger partial charge in [-0.05, 0) is 24.5 Å². The maximum atomic E-state index is 12.4. The van der Waals surface area contributed by atoms with Crippen molar-refractivity contribution in [2.75, 3.05) is 51.3 Å². The number of nitrogens with one attached hydrogen (secondary N) is 2. The molecule has 2 aliphatic rings. The number of morpholine rings is 1. The Bertz CT molecular complexity index is 498. The van der Waals surface area contributed by atoms with Crippen molar-refractivity contribution in [1.82, 2.24) is 10.2 Å². The second-order valence-electron chi connectivity index (χ2n) is 5.58. The van der Waals surface area contributed by atoms with Crippen LogP contribution >= 0.6 is 0 Å². The SMILES string of the molecule is O=C(NCCN1CCOCC1)c1cccc2c1NCCC2. The molecule has 1 saturated heterocycles. The third-order valence-corrected chi connectivity index (χ3v) is 4.14. The van der Waals surface area contributed by atoms with E-state index < -0.39 is 0 Å². The van der Waals surface area contributed by atoms with E-state index >= 15 is 0 Å². The van der Waals surface area contributed by atoms with Crippen molar-refractivity contribution in [2.24, 2.45) is 0 Å². The molecule has 0 aromatic heterocycles. The van der Waals surface area contributed by atoms with Crippen LogP contribution in [-0.4, -0.2) is 56.7 Å². The second kappa shape index (κ2) is 6.91. The monoisotopic (exact) mass is 289 g/mol. The highest BCUT2D eigenvalue weighted by molar-refractivity contribution is 6.00. The number of rotatable bonds is 4. The first-order valence-corrected chi connectivity index (χ1v) is 7.78. The van der Waals surface area contributed by atoms with Crippen LogP contribution in [0.4, 0.5) is 5.69 Å². The molecule has 0 aliphatic carbocycles. The molecule has 1 amide bonds. The summed E-state index contributed by atoms with van der Waals surface area (Å²) in [6.45, 7) is 6.02. The van der Waals surface area contributed by atoms with Gasteiger partial charge in [0.1, 0.15) is 0 Å². The van der Waals surface area contributed by atoms with Crippen molar-refractivity contribution < 1.29 is 9.53 Å². The third-order valence-electron chi connectivity index (χ3n) is 4.14. The Labute approximate surface area is 125 Å². The Morgan fingerprint density at radius 1 is 1.33 bits per heavy atom. The highest BCUT2D eigenvalue weighted by atomic mass is 16.5. The predicted molar refractivity (Wildman–Crippen MR) is 82.8 cm³/mol. The lowest BCUT2D eigenvalue weighted by atomic mass is 9.99. The fourth-order valence-corrected chi connectivity index (χ4v) is 2.95. The fraction of sp³-hybridized carbons (Fsp3) is 0.562. The smallest absolute Gasteiger partial charge is 0.253 e. The minimum absolute atomic E-state index is 0.0227. The fourth-order valence-electron chi connectivity index (χ4n) is 2.95. The molecular formula is C16H23N3O2. The zero-order valence-corrected chi connectivity index (χ0v) is 12.4. The number of anilines is 1. The molecule has 1 aromatic rings. The van der Waals surface area contributed by atoms with Gasteiger partial charge in [-0.25, -0.2) is 0 Å². The van der Waals surface area contributed by atoms with Crippen LogP contribution in [0.1, 0.15) is 22.3 Å². The first-order valence-electron chi connectivity index (χ1n) is 7.78. The van der Waals surface area contributed by atoms with Gasteiger partial charge in [-0.2, -0.15) is 0 Å². The van der Waals surface area contributed by atoms with Crippen molar-refractivity contribution >= 4 is 11.6 Å². The lowest BCUT2D eigenvalue weighted by Gasteiger charge is -2.26. The molecule has 2 N–H and O–H groups in total. The normalized spacial score (nSPS) is 18.7. The maximum Gasteiger partial charge on any atom is 0.253 e. The van der Waals surface area contributed by atoms with E-state index in [2.05, 4.69) is 21.6 Å². The van der Waals surface area contributed by atoms with Crippen molar-refractivity contribution in [3.05, 3.63) is 29.3 Å². The number of aryl methyl sites for hydroxylation is 1. The van der Waals surface area contributed by atoms with Gasteiger partial charge in [-0.1, -0.05) is 12.1 Å². The van der Waals surface area contributed by atoms with Gasteiger partial charge in [0.05, 0.1) is 24.5 Å². The molecular weight excluding hydrogens is 266 g/mol. The lowest BCUT2D eigenvalue weighted by Crippen LogP contribution is -2.41. The maximum absolute atomic E-state index is 12.4. The van der Waals surface area contributed by atoms with Gasteiger partial charge in [0.2, 0.25) is 0 Å². The Morgan fingerprint density at radius 3 is 3.05 bits per heavy atom. The molecule has 2 aliphatic heterocycles. The Hall–Kier alpha value is -1.59. The molecule has 0 spiro atoms. The highest BCUT2D eigenvalue weighted by Gasteiger charge is 2.17. The molecule has 1 fully saturated rings. The first kappa shape index (κ1) is 14.4. The number of carbonyl (C=O) groups is 1. The molecule has 5 heteroatoms. The molecule has 3 rings (SSSR count). The minimum Gasteiger partial charge on any atom is -0.384 e. The van der Waals surface area contributed by atoms with Crippen LogP contribution in [0.2, 0.25) is 0 Å². The van der Waals surface area contributed by atoms with E-state index in [1.807, 2.05) is 12.1 Å². The molecule has 5 nitrogen and oxygen atoms in total. The third kappa shape index (κ3) is 3.54. The minimum atomic E-state index is 0.0227. The van der Waals surface area contributed by atoms with Crippen LogP contribution in [-0.2, 0) is 11.2 Å². The summed E-state index contributed by atoms with van der Waals surface area (Å²) in [5.41, 5.74) is 3.05. The largest absolute Gasteiger partial charge is 0.384 e. The lowest BCUT2D eigenvalue weighted by molar-refractivity contribution is 0.0383. The molecule has 0 atom stereocenters. The number of hydrogen-bond donors (Lipinski definition) is 2. The van der Waals surface area contributed by atoms with Crippen molar-refractivity contribution in [3.8, 4) is 0 Å². The van der Waals surface area contributed by atoms with Crippen LogP contribution in [0.15, 0.2) is 18.2 Å². The van der Waals surface area contributed by atoms with Crippen molar-refractivity contribution in [2.45, 2.75) is 12.8 Å². The number of fused-ring (bicyclic) bond motifs is 1. The summed E-state index contributed by atoms with van der Waals surface area (Å²) in [6.07, 6.45) is 2.19. The number of amides is 1. The number of hydrogen-bond acceptors (Lipinski definition) is 4. The summed E-state index contributed by atoms with van der Waals surface area (Å²) in [6, 6.07) is 5.98. The van der Waals surface area contributed by atoms with Crippen molar-refractivity contribution in [3.63, 3.8) is 0 Å². The molecule has 114 valence electrons. The molecule has 0 bridgehead atoms. The molecule has 2 heterocycles. The zero-order valence-electron chi connectivity index (χ0n) is 12.4. The number of nitrogens with zero attached hydrogens (tertiary/aromatic N) is 1. The number of para-hydroxylation sites is 1. The van der Waals surface area contributed by atoms with Crippen LogP contribution in [0.25, 0.3) is 0 Å². The molecule has 0 unspecified atom stereocenters. The molecule has 21 heavy (non-hydrogen) atoms. The van der Waals surface area contributed by atoms with Crippen LogP contribution in [0, 0.1) is 0 Å². The van der Waals surface area contributed by atoms with E-state index in [4.69, 9.17) is 4.74 Å². The van der Waals surface area contributed by atoms with Gasteiger partial charge in [0.25, 0.3) is 5.91 Å². The Morgan fingerprint density at radius 2 is 2.19 bits per heavy atom. The first-order chi connectivity index (χ1) is 10.3. The zero-order chi connectivity index (χ0) is 14.5. The summed E-state index contributed by atoms with van der Waals surface area (Å²) in [4.78, 5) is 14.7. The number of carbonyl (C=O) groups excluding carboxylic acids is 1. The molecule has 1 aromatic carbocycles. The van der Waals surface area contributed by atoms with E-state index in [1.165, 1.54) is 5.56 Å². The highest BCUT2D eigenvalue weighted by Crippen LogP contribution is 2.25. The van der Waals surface area contributed by atoms with Gasteiger partial charge in [0, 0.05) is 32.7 Å². The van der Waals surface area contributed by atoms with Gasteiger partial charge in [-0.3, -0.25) is 9.69 Å². The van der Waals surface area contributed by atoms with Crippen LogP contribution < -0.4 is 10.6 Å². The van der Waals surface area contributed by atoms with Gasteiger partial charge >= 0.3 is 0 Å². The standard InChI is InChI=1S/C16H23N3O2/c20-16(18-7-8-19-9-11-21-12-10-19)14-5-1-3-13-4-2-6-17-15(13)14/h1,3,5,17H,2,4,6-12H2,(H,18,20). The number of ether oxygens (including phenoxy) is 1. The number of benzene rings is 1. The molecule has 0 radical (unpaired) electrons. The van der Waals surface area contributed by atoms with E-state index in [1.54, 1.807) is 0 Å². The topological polar surface area (TPSA) is 53.6 Å². The van der Waals surface area contributed by atoms with E-state index in [9.17, 15) is 4.79 Å². The summed E-state index contributed by atoms with van der Waals surface area (Å²) in [5.74, 6) is 0.0227. The quantitative estimate of drug-likeness (QED) is 0.872. The van der Waals surface area contributed by atoms with Gasteiger partial charge < -0.3 is 15.4 Å². The van der Waals surface area contributed by atoms with Crippen molar-refractivity contribution in [1.29, 1.82) is 0 Å². The van der Waals surface area contributed by atoms with E-state index in [0.29, 0.717) is 6.54 Å². The average Bonchev–Trinajstić information content (AvgIpc) is 2.55. The van der Waals surface area contributed by atoms with E-state index in [0.717, 1.165) is 63.5 Å².